The van der Waals surface area contributed by atoms with Crippen molar-refractivity contribution in [2.45, 2.75) is 13.8 Å². The van der Waals surface area contributed by atoms with Gasteiger partial charge in [-0.1, -0.05) is 13.8 Å². The fourth-order valence-corrected chi connectivity index (χ4v) is 0.167. The maximum absolute atomic E-state index is 10.3. The Labute approximate surface area is 43.0 Å². The van der Waals surface area contributed by atoms with Crippen molar-refractivity contribution in [2.75, 3.05) is 0 Å². The molecule has 0 radical (unpaired) electrons. The van der Waals surface area contributed by atoms with Crippen LogP contribution >= 0.6 is 0 Å². The summed E-state index contributed by atoms with van der Waals surface area (Å²) in [6, 6.07) is 0. The third-order valence-corrected chi connectivity index (χ3v) is 0.711. The highest BCUT2D eigenvalue weighted by Crippen LogP contribution is 1.88. The normalized spacial score (nSPS) is 9.00. The van der Waals surface area contributed by atoms with Crippen molar-refractivity contribution < 1.29 is 4.79 Å². The number of ketones is 1. The molecule has 0 rings (SSSR count). The molecule has 0 aromatic carbocycles. The van der Waals surface area contributed by atoms with E-state index in [9.17, 15) is 4.79 Å². The van der Waals surface area contributed by atoms with Crippen molar-refractivity contribution in [3.05, 3.63) is 0 Å². The molecular formula is C5H9NO. The van der Waals surface area contributed by atoms with Crippen LogP contribution in [0.3, 0.4) is 0 Å². The van der Waals surface area contributed by atoms with E-state index in [0.717, 1.165) is 6.21 Å². The van der Waals surface area contributed by atoms with Gasteiger partial charge in [0.1, 0.15) is 0 Å². The lowest BCUT2D eigenvalue weighted by Crippen LogP contribution is -2.06. The van der Waals surface area contributed by atoms with Gasteiger partial charge in [-0.25, -0.2) is 0 Å². The Morgan fingerprint density at radius 1 is 1.71 bits per heavy atom. The summed E-state index contributed by atoms with van der Waals surface area (Å²) < 4.78 is 0. The molecule has 0 atom stereocenters. The molecule has 0 aromatic rings. The molecule has 1 N–H and O–H groups in total. The van der Waals surface area contributed by atoms with Crippen LogP contribution in [0.1, 0.15) is 13.8 Å². The first-order valence-electron chi connectivity index (χ1n) is 2.22. The summed E-state index contributed by atoms with van der Waals surface area (Å²) in [6.07, 6.45) is 0.852. The summed E-state index contributed by atoms with van der Waals surface area (Å²) in [5.41, 5.74) is 0. The second-order valence-electron chi connectivity index (χ2n) is 1.70. The van der Waals surface area contributed by atoms with Gasteiger partial charge in [-0.3, -0.25) is 4.79 Å². The van der Waals surface area contributed by atoms with Crippen LogP contribution in [-0.2, 0) is 4.79 Å². The third kappa shape index (κ3) is 2.09. The van der Waals surface area contributed by atoms with Gasteiger partial charge in [-0.05, 0) is 0 Å². The van der Waals surface area contributed by atoms with Gasteiger partial charge >= 0.3 is 0 Å². The van der Waals surface area contributed by atoms with Crippen molar-refractivity contribution >= 4 is 12.0 Å². The van der Waals surface area contributed by atoms with Crippen molar-refractivity contribution in [1.82, 2.24) is 0 Å². The number of carbonyl (C=O) groups is 1. The predicted molar refractivity (Wildman–Crippen MR) is 28.6 cm³/mol. The number of rotatable bonds is 2. The Bertz CT molecular complexity index is 86.1. The van der Waals surface area contributed by atoms with E-state index in [1.165, 1.54) is 0 Å². The second kappa shape index (κ2) is 2.50. The van der Waals surface area contributed by atoms with Gasteiger partial charge in [0.15, 0.2) is 5.78 Å². The van der Waals surface area contributed by atoms with Crippen LogP contribution in [0.25, 0.3) is 0 Å². The predicted octanol–water partition coefficient (Wildman–Crippen LogP) is 0.861. The van der Waals surface area contributed by atoms with E-state index in [4.69, 9.17) is 5.41 Å². The highest BCUT2D eigenvalue weighted by atomic mass is 16.1. The second-order valence-corrected chi connectivity index (χ2v) is 1.70. The lowest BCUT2D eigenvalue weighted by atomic mass is 10.1. The summed E-state index contributed by atoms with van der Waals surface area (Å²) in [5, 5.41) is 6.46. The van der Waals surface area contributed by atoms with E-state index >= 15 is 0 Å². The minimum absolute atomic E-state index is 0.0162. The van der Waals surface area contributed by atoms with Crippen molar-refractivity contribution in [2.24, 2.45) is 5.92 Å². The van der Waals surface area contributed by atoms with E-state index in [1.807, 2.05) is 0 Å². The highest BCUT2D eigenvalue weighted by Gasteiger charge is 1.99. The number of hydrogen-bond acceptors (Lipinski definition) is 2. The SMILES string of the molecule is CC(C)C(=O)C=N. The van der Waals surface area contributed by atoms with Gasteiger partial charge in [0.05, 0.1) is 6.21 Å². The van der Waals surface area contributed by atoms with Gasteiger partial charge in [0.25, 0.3) is 0 Å². The summed E-state index contributed by atoms with van der Waals surface area (Å²) in [6.45, 7) is 3.54. The van der Waals surface area contributed by atoms with Gasteiger partial charge in [-0.15, -0.1) is 0 Å². The van der Waals surface area contributed by atoms with Gasteiger partial charge in [0, 0.05) is 5.92 Å². The minimum atomic E-state index is -0.111. The molecule has 2 nitrogen and oxygen atoms in total. The van der Waals surface area contributed by atoms with Crippen LogP contribution < -0.4 is 0 Å². The first kappa shape index (κ1) is 6.34. The van der Waals surface area contributed by atoms with E-state index in [2.05, 4.69) is 0 Å². The molecule has 0 spiro atoms. The van der Waals surface area contributed by atoms with Crippen molar-refractivity contribution in [3.8, 4) is 0 Å². The molecule has 0 bridgehead atoms. The summed E-state index contributed by atoms with van der Waals surface area (Å²) >= 11 is 0. The summed E-state index contributed by atoms with van der Waals surface area (Å²) in [5.74, 6) is -0.127. The first-order chi connectivity index (χ1) is 3.18. The molecule has 0 heterocycles. The van der Waals surface area contributed by atoms with Crippen LogP contribution in [0.15, 0.2) is 0 Å². The zero-order valence-electron chi connectivity index (χ0n) is 4.56. The Morgan fingerprint density at radius 2 is 2.14 bits per heavy atom. The Morgan fingerprint density at radius 3 is 2.14 bits per heavy atom. The van der Waals surface area contributed by atoms with Gasteiger partial charge in [-0.2, -0.15) is 0 Å². The topological polar surface area (TPSA) is 40.9 Å². The lowest BCUT2D eigenvalue weighted by molar-refractivity contribution is -0.115. The zero-order chi connectivity index (χ0) is 5.86. The standard InChI is InChI=1S/C5H9NO/c1-4(2)5(7)3-6/h3-4,6H,1-2H3. The van der Waals surface area contributed by atoms with Crippen molar-refractivity contribution in [3.63, 3.8) is 0 Å². The van der Waals surface area contributed by atoms with Crippen LogP contribution in [0.4, 0.5) is 0 Å². The molecule has 0 saturated carbocycles. The van der Waals surface area contributed by atoms with E-state index in [0.29, 0.717) is 0 Å². The molecule has 0 saturated heterocycles. The summed E-state index contributed by atoms with van der Waals surface area (Å²) in [4.78, 5) is 10.3. The highest BCUT2D eigenvalue weighted by molar-refractivity contribution is 6.26. The Kier molecular flexibility index (Phi) is 2.27. The van der Waals surface area contributed by atoms with Crippen LogP contribution in [0.5, 0.6) is 0 Å². The monoisotopic (exact) mass is 99.1 g/mol. The number of nitrogens with one attached hydrogen (secondary N) is 1. The average Bonchev–Trinajstić information content (AvgIpc) is 1.65. The minimum Gasteiger partial charge on any atom is -0.305 e. The first-order valence-corrected chi connectivity index (χ1v) is 2.22. The fraction of sp³-hybridized carbons (Fsp3) is 0.600. The molecule has 0 fully saturated rings. The molecular weight excluding hydrogens is 90.1 g/mol. The Balaban J connectivity index is 3.56. The number of carbonyl (C=O) groups excluding carboxylic acids is 1. The van der Waals surface area contributed by atoms with Gasteiger partial charge < -0.3 is 5.41 Å². The summed E-state index contributed by atoms with van der Waals surface area (Å²) in [7, 11) is 0. The smallest absolute Gasteiger partial charge is 0.175 e. The largest absolute Gasteiger partial charge is 0.305 e. The van der Waals surface area contributed by atoms with Crippen LogP contribution in [0, 0.1) is 11.3 Å². The molecule has 0 aliphatic rings. The molecule has 40 valence electrons. The Hall–Kier alpha value is -0.660. The van der Waals surface area contributed by atoms with E-state index < -0.39 is 0 Å². The molecule has 7 heavy (non-hydrogen) atoms. The number of Topliss-reactive ketones (excluding diaryl/α,β-unsaturated/α-hetero) is 1. The van der Waals surface area contributed by atoms with E-state index in [-0.39, 0.29) is 11.7 Å². The maximum Gasteiger partial charge on any atom is 0.175 e. The quantitative estimate of drug-likeness (QED) is 0.512. The lowest BCUT2D eigenvalue weighted by Gasteiger charge is -1.91. The van der Waals surface area contributed by atoms with Crippen LogP contribution in [0.2, 0.25) is 0 Å². The fourth-order valence-electron chi connectivity index (χ4n) is 0.167. The molecule has 0 aliphatic carbocycles. The average molecular weight is 99.1 g/mol. The maximum atomic E-state index is 10.3. The zero-order valence-corrected chi connectivity index (χ0v) is 4.56. The molecule has 0 aromatic heterocycles. The third-order valence-electron chi connectivity index (χ3n) is 0.711. The molecule has 0 amide bonds. The molecule has 0 unspecified atom stereocenters. The molecule has 2 heteroatoms. The number of hydrogen-bond donors (Lipinski definition) is 1. The van der Waals surface area contributed by atoms with Crippen LogP contribution in [-0.4, -0.2) is 12.0 Å². The molecule has 0 aliphatic heterocycles. The van der Waals surface area contributed by atoms with E-state index in [1.54, 1.807) is 13.8 Å². The van der Waals surface area contributed by atoms with Gasteiger partial charge in [0.2, 0.25) is 0 Å². The van der Waals surface area contributed by atoms with Crippen molar-refractivity contribution in [1.29, 1.82) is 5.41 Å².